The van der Waals surface area contributed by atoms with Gasteiger partial charge in [-0.2, -0.15) is 0 Å². The van der Waals surface area contributed by atoms with Crippen LogP contribution >= 0.6 is 0 Å². The molecule has 7 nitrogen and oxygen atoms in total. The highest BCUT2D eigenvalue weighted by molar-refractivity contribution is 7.92. The summed E-state index contributed by atoms with van der Waals surface area (Å²) in [5.41, 5.74) is 4.20. The molecule has 0 aliphatic rings. The van der Waals surface area contributed by atoms with Gasteiger partial charge >= 0.3 is 0 Å². The predicted molar refractivity (Wildman–Crippen MR) is 171 cm³/mol. The largest absolute Gasteiger partial charge is 0.354 e. The summed E-state index contributed by atoms with van der Waals surface area (Å²) in [6.07, 6.45) is 3.14. The molecule has 0 heterocycles. The van der Waals surface area contributed by atoms with Crippen LogP contribution in [-0.2, 0) is 38.0 Å². The van der Waals surface area contributed by atoms with E-state index in [1.54, 1.807) is 12.1 Å². The Bertz CT molecular complexity index is 1410. The summed E-state index contributed by atoms with van der Waals surface area (Å²) in [6.45, 7) is 10.5. The van der Waals surface area contributed by atoms with Gasteiger partial charge in [0, 0.05) is 19.5 Å². The van der Waals surface area contributed by atoms with Crippen molar-refractivity contribution in [3.8, 4) is 0 Å². The maximum atomic E-state index is 14.2. The van der Waals surface area contributed by atoms with Gasteiger partial charge in [-0.1, -0.05) is 106 Å². The van der Waals surface area contributed by atoms with Gasteiger partial charge < -0.3 is 10.2 Å². The Morgan fingerprint density at radius 3 is 2.05 bits per heavy atom. The van der Waals surface area contributed by atoms with Crippen molar-refractivity contribution in [3.05, 3.63) is 101 Å². The molecule has 8 heteroatoms. The number of nitrogens with one attached hydrogen (secondary N) is 1. The van der Waals surface area contributed by atoms with Crippen LogP contribution < -0.4 is 9.62 Å². The number of amides is 2. The molecule has 0 spiro atoms. The third kappa shape index (κ3) is 9.44. The number of aryl methyl sites for hydroxylation is 1. The van der Waals surface area contributed by atoms with Gasteiger partial charge in [0.2, 0.25) is 21.8 Å². The lowest BCUT2D eigenvalue weighted by molar-refractivity contribution is -0.140. The van der Waals surface area contributed by atoms with E-state index in [1.807, 2.05) is 73.7 Å². The number of anilines is 1. The highest BCUT2D eigenvalue weighted by atomic mass is 32.2. The van der Waals surface area contributed by atoms with Crippen molar-refractivity contribution in [2.75, 3.05) is 23.7 Å². The van der Waals surface area contributed by atoms with Crippen molar-refractivity contribution < 1.29 is 18.0 Å². The number of sulfonamides is 1. The van der Waals surface area contributed by atoms with Gasteiger partial charge in [-0.15, -0.1) is 0 Å². The zero-order valence-electron chi connectivity index (χ0n) is 25.8. The first kappa shape index (κ1) is 32.9. The standard InChI is InChI=1S/C34H45N3O4S/c1-7-8-22-35-33(39)31(23-27-12-10-9-11-13-27)36(24-28-16-14-26(2)15-17-28)32(38)25-37(42(6,40)41)30-20-18-29(19-21-30)34(3,4)5/h9-21,31H,7-8,22-25H2,1-6H3,(H,35,39). The minimum Gasteiger partial charge on any atom is -0.354 e. The molecule has 42 heavy (non-hydrogen) atoms. The summed E-state index contributed by atoms with van der Waals surface area (Å²) in [6, 6.07) is 23.8. The molecule has 3 aromatic carbocycles. The van der Waals surface area contributed by atoms with E-state index in [2.05, 4.69) is 33.0 Å². The van der Waals surface area contributed by atoms with Gasteiger partial charge in [0.1, 0.15) is 12.6 Å². The Balaban J connectivity index is 2.02. The lowest BCUT2D eigenvalue weighted by atomic mass is 9.87. The highest BCUT2D eigenvalue weighted by Gasteiger charge is 2.33. The molecule has 1 atom stereocenters. The quantitative estimate of drug-likeness (QED) is 0.262. The van der Waals surface area contributed by atoms with E-state index in [0.29, 0.717) is 18.7 Å². The van der Waals surface area contributed by atoms with Crippen molar-refractivity contribution in [1.29, 1.82) is 0 Å². The van der Waals surface area contributed by atoms with E-state index in [-0.39, 0.29) is 17.9 Å². The fraction of sp³-hybridized carbons (Fsp3) is 0.412. The van der Waals surface area contributed by atoms with Crippen LogP contribution in [0.15, 0.2) is 78.9 Å². The number of carbonyl (C=O) groups is 2. The number of nitrogens with zero attached hydrogens (tertiary/aromatic N) is 2. The van der Waals surface area contributed by atoms with Gasteiger partial charge in [-0.3, -0.25) is 13.9 Å². The molecule has 0 saturated carbocycles. The number of unbranched alkanes of at least 4 members (excludes halogenated alkanes) is 1. The number of hydrogen-bond donors (Lipinski definition) is 1. The third-order valence-corrected chi connectivity index (χ3v) is 8.42. The van der Waals surface area contributed by atoms with Crippen LogP contribution in [0.5, 0.6) is 0 Å². The van der Waals surface area contributed by atoms with Crippen LogP contribution in [0.25, 0.3) is 0 Å². The SMILES string of the molecule is CCCCNC(=O)C(Cc1ccccc1)N(Cc1ccc(C)cc1)C(=O)CN(c1ccc(C(C)(C)C)cc1)S(C)(=O)=O. The second-order valence-corrected chi connectivity index (χ2v) is 13.8. The second-order valence-electron chi connectivity index (χ2n) is 11.9. The fourth-order valence-electron chi connectivity index (χ4n) is 4.69. The van der Waals surface area contributed by atoms with Crippen LogP contribution in [-0.4, -0.2) is 50.5 Å². The van der Waals surface area contributed by atoms with Crippen LogP contribution in [0.3, 0.4) is 0 Å². The van der Waals surface area contributed by atoms with Gasteiger partial charge in [-0.25, -0.2) is 8.42 Å². The molecule has 3 aromatic rings. The minimum atomic E-state index is -3.81. The number of carbonyl (C=O) groups excluding carboxylic acids is 2. The topological polar surface area (TPSA) is 86.8 Å². The molecule has 0 aliphatic carbocycles. The predicted octanol–water partition coefficient (Wildman–Crippen LogP) is 5.61. The molecule has 3 rings (SSSR count). The second kappa shape index (κ2) is 14.5. The van der Waals surface area contributed by atoms with E-state index >= 15 is 0 Å². The Hall–Kier alpha value is -3.65. The Morgan fingerprint density at radius 1 is 0.881 bits per heavy atom. The minimum absolute atomic E-state index is 0.106. The zero-order valence-corrected chi connectivity index (χ0v) is 26.6. The fourth-order valence-corrected chi connectivity index (χ4v) is 5.54. The zero-order chi connectivity index (χ0) is 30.9. The molecule has 0 aromatic heterocycles. The molecule has 0 saturated heterocycles. The summed E-state index contributed by atoms with van der Waals surface area (Å²) in [5, 5.41) is 3.01. The van der Waals surface area contributed by atoms with Crippen molar-refractivity contribution in [2.45, 2.75) is 71.9 Å². The summed E-state index contributed by atoms with van der Waals surface area (Å²) >= 11 is 0. The first-order valence-electron chi connectivity index (χ1n) is 14.5. The van der Waals surface area contributed by atoms with Gasteiger partial charge in [0.25, 0.3) is 0 Å². The van der Waals surface area contributed by atoms with E-state index in [0.717, 1.165) is 45.7 Å². The number of benzene rings is 3. The molecule has 2 amide bonds. The summed E-state index contributed by atoms with van der Waals surface area (Å²) in [7, 11) is -3.81. The molecular formula is C34H45N3O4S. The van der Waals surface area contributed by atoms with Crippen molar-refractivity contribution in [2.24, 2.45) is 0 Å². The van der Waals surface area contributed by atoms with Crippen LogP contribution in [0.4, 0.5) is 5.69 Å². The van der Waals surface area contributed by atoms with E-state index in [1.165, 1.54) is 4.90 Å². The number of rotatable bonds is 13. The number of hydrogen-bond acceptors (Lipinski definition) is 4. The Labute approximate surface area is 252 Å². The monoisotopic (exact) mass is 591 g/mol. The van der Waals surface area contributed by atoms with Crippen LogP contribution in [0.1, 0.15) is 62.8 Å². The van der Waals surface area contributed by atoms with Crippen molar-refractivity contribution >= 4 is 27.5 Å². The lowest BCUT2D eigenvalue weighted by Gasteiger charge is -2.33. The molecular weight excluding hydrogens is 546 g/mol. The van der Waals surface area contributed by atoms with E-state index < -0.39 is 28.5 Å². The normalized spacial score (nSPS) is 12.4. The van der Waals surface area contributed by atoms with Crippen molar-refractivity contribution in [1.82, 2.24) is 10.2 Å². The maximum absolute atomic E-state index is 14.2. The maximum Gasteiger partial charge on any atom is 0.244 e. The third-order valence-electron chi connectivity index (χ3n) is 7.27. The van der Waals surface area contributed by atoms with Crippen LogP contribution in [0, 0.1) is 6.92 Å². The molecule has 1 N–H and O–H groups in total. The molecule has 226 valence electrons. The summed E-state index contributed by atoms with van der Waals surface area (Å²) in [4.78, 5) is 29.4. The average Bonchev–Trinajstić information content (AvgIpc) is 2.94. The summed E-state index contributed by atoms with van der Waals surface area (Å²) in [5.74, 6) is -0.708. The van der Waals surface area contributed by atoms with Crippen molar-refractivity contribution in [3.63, 3.8) is 0 Å². The lowest BCUT2D eigenvalue weighted by Crippen LogP contribution is -2.53. The van der Waals surface area contributed by atoms with Crippen LogP contribution in [0.2, 0.25) is 0 Å². The van der Waals surface area contributed by atoms with Gasteiger partial charge in [0.15, 0.2) is 0 Å². The molecule has 0 fully saturated rings. The van der Waals surface area contributed by atoms with E-state index in [4.69, 9.17) is 0 Å². The molecule has 0 aliphatic heterocycles. The first-order valence-corrected chi connectivity index (χ1v) is 16.4. The van der Waals surface area contributed by atoms with Gasteiger partial charge in [0.05, 0.1) is 11.9 Å². The molecule has 0 radical (unpaired) electrons. The van der Waals surface area contributed by atoms with Gasteiger partial charge in [-0.05, 0) is 47.6 Å². The molecule has 0 bridgehead atoms. The smallest absolute Gasteiger partial charge is 0.244 e. The Morgan fingerprint density at radius 2 is 1.50 bits per heavy atom. The Kier molecular flexibility index (Phi) is 11.3. The highest BCUT2D eigenvalue weighted by Crippen LogP contribution is 2.26. The van der Waals surface area contributed by atoms with E-state index in [9.17, 15) is 18.0 Å². The summed E-state index contributed by atoms with van der Waals surface area (Å²) < 4.78 is 27.1. The first-order chi connectivity index (χ1) is 19.8. The molecule has 1 unspecified atom stereocenters. The average molecular weight is 592 g/mol.